The van der Waals surface area contributed by atoms with Gasteiger partial charge in [-0.05, 0) is 0 Å². The number of aliphatic carboxylic acids is 1. The van der Waals surface area contributed by atoms with Crippen LogP contribution < -0.4 is 9.47 Å². The lowest BCUT2D eigenvalue weighted by Gasteiger charge is -2.20. The van der Waals surface area contributed by atoms with Crippen LogP contribution in [-0.4, -0.2) is 59.4 Å². The maximum atomic E-state index is 11.5. The molecule has 12 nitrogen and oxygen atoms in total. The van der Waals surface area contributed by atoms with Gasteiger partial charge in [0, 0.05) is 24.8 Å². The number of carboxylic acid groups (broad SMARTS) is 1. The van der Waals surface area contributed by atoms with Gasteiger partial charge in [0.15, 0.2) is 6.04 Å². The van der Waals surface area contributed by atoms with Crippen LogP contribution in [-0.2, 0) is 14.3 Å². The second kappa shape index (κ2) is 8.17. The first-order chi connectivity index (χ1) is 12.9. The third kappa shape index (κ3) is 3.81. The Labute approximate surface area is 151 Å². The first-order valence-electron chi connectivity index (χ1n) is 7.28. The van der Waals surface area contributed by atoms with Crippen molar-refractivity contribution < 1.29 is 33.8 Å². The maximum absolute atomic E-state index is 11.5. The predicted molar refractivity (Wildman–Crippen MR) is 88.6 cm³/mol. The van der Waals surface area contributed by atoms with E-state index in [1.54, 1.807) is 0 Å². The van der Waals surface area contributed by atoms with E-state index < -0.39 is 23.0 Å². The number of nitro groups is 1. The summed E-state index contributed by atoms with van der Waals surface area (Å²) in [5.41, 5.74) is -0.294. The normalized spacial score (nSPS) is 12.7. The number of fused-ring (bicyclic) bond motifs is 1. The van der Waals surface area contributed by atoms with Gasteiger partial charge in [-0.15, -0.1) is 0 Å². The zero-order valence-electron chi connectivity index (χ0n) is 14.4. The van der Waals surface area contributed by atoms with Crippen molar-refractivity contribution in [2.75, 3.05) is 21.3 Å². The van der Waals surface area contributed by atoms with E-state index in [-0.39, 0.29) is 34.0 Å². The molecule has 0 aliphatic heterocycles. The number of non-ortho nitro benzene ring substituents is 1. The molecule has 0 saturated carbocycles. The van der Waals surface area contributed by atoms with E-state index in [1.807, 2.05) is 0 Å². The molecule has 2 atom stereocenters. The Morgan fingerprint density at radius 3 is 2.37 bits per heavy atom. The summed E-state index contributed by atoms with van der Waals surface area (Å²) >= 11 is 0. The summed E-state index contributed by atoms with van der Waals surface area (Å²) in [6, 6.07) is 0.514. The molecule has 27 heavy (non-hydrogen) atoms. The topological polar surface area (TPSA) is 163 Å². The molecule has 2 rings (SSSR count). The molecule has 0 bridgehead atoms. The number of aromatic nitrogens is 2. The molecular weight excluding hydrogens is 364 g/mol. The fourth-order valence-corrected chi connectivity index (χ4v) is 2.46. The molecule has 0 spiro atoms. The monoisotopic (exact) mass is 378 g/mol. The summed E-state index contributed by atoms with van der Waals surface area (Å²) in [5, 5.41) is 20.6. The van der Waals surface area contributed by atoms with Crippen LogP contribution in [0.25, 0.3) is 11.0 Å². The van der Waals surface area contributed by atoms with Gasteiger partial charge in [-0.25, -0.2) is 19.6 Å². The predicted octanol–water partition coefficient (Wildman–Crippen LogP) is 1.03. The van der Waals surface area contributed by atoms with Gasteiger partial charge in [-0.1, -0.05) is 0 Å². The minimum atomic E-state index is -1.70. The lowest BCUT2D eigenvalue weighted by molar-refractivity contribution is -0.384. The SMILES string of the molecule is COc1nc2cc([N+](=O)[O-])cc(C(OC)C(N=C=O)C(=O)O)c2nc1OC. The number of ether oxygens (including phenoxy) is 3. The standard InChI is InChI=1S/C15H14N4O8/c1-25-12(11(15(21)22)16-6-20)8-4-7(19(23)24)5-9-10(8)18-14(27-3)13(17-9)26-2/h4-5,11-12H,1-3H3,(H,21,22). The average Bonchev–Trinajstić information content (AvgIpc) is 2.65. The van der Waals surface area contributed by atoms with Gasteiger partial charge in [0.25, 0.3) is 17.4 Å². The Morgan fingerprint density at radius 1 is 1.26 bits per heavy atom. The quantitative estimate of drug-likeness (QED) is 0.303. The van der Waals surface area contributed by atoms with Gasteiger partial charge in [0.2, 0.25) is 6.08 Å². The molecule has 0 saturated heterocycles. The van der Waals surface area contributed by atoms with Crippen LogP contribution in [0.15, 0.2) is 17.1 Å². The van der Waals surface area contributed by atoms with Gasteiger partial charge in [0.05, 0.1) is 24.7 Å². The fourth-order valence-electron chi connectivity index (χ4n) is 2.46. The van der Waals surface area contributed by atoms with E-state index in [9.17, 15) is 24.8 Å². The number of carbonyl (C=O) groups excluding carboxylic acids is 1. The third-order valence-corrected chi connectivity index (χ3v) is 3.61. The van der Waals surface area contributed by atoms with Crippen molar-refractivity contribution in [2.24, 2.45) is 4.99 Å². The number of carbonyl (C=O) groups is 1. The lowest BCUT2D eigenvalue weighted by Crippen LogP contribution is -2.28. The number of methoxy groups -OCH3 is 3. The molecule has 0 radical (unpaired) electrons. The van der Waals surface area contributed by atoms with E-state index in [4.69, 9.17) is 14.2 Å². The fraction of sp³-hybridized carbons (Fsp3) is 0.333. The van der Waals surface area contributed by atoms with Crippen molar-refractivity contribution >= 4 is 28.8 Å². The third-order valence-electron chi connectivity index (χ3n) is 3.61. The minimum absolute atomic E-state index is 0.0125. The summed E-state index contributed by atoms with van der Waals surface area (Å²) in [4.78, 5) is 44.2. The number of benzene rings is 1. The van der Waals surface area contributed by atoms with Crippen LogP contribution in [0, 0.1) is 10.1 Å². The first kappa shape index (κ1) is 19.7. The van der Waals surface area contributed by atoms with E-state index in [2.05, 4.69) is 15.0 Å². The molecule has 1 N–H and O–H groups in total. The molecule has 0 aliphatic rings. The Hall–Kier alpha value is -3.63. The molecule has 2 aromatic rings. The Balaban J connectivity index is 2.87. The van der Waals surface area contributed by atoms with Crippen molar-refractivity contribution in [1.29, 1.82) is 0 Å². The van der Waals surface area contributed by atoms with Gasteiger partial charge < -0.3 is 19.3 Å². The van der Waals surface area contributed by atoms with Gasteiger partial charge in [-0.2, -0.15) is 4.99 Å². The molecule has 12 heteroatoms. The number of nitrogens with zero attached hydrogens (tertiary/aromatic N) is 4. The van der Waals surface area contributed by atoms with Crippen molar-refractivity contribution in [3.63, 3.8) is 0 Å². The molecule has 1 aromatic carbocycles. The molecule has 0 aliphatic carbocycles. The van der Waals surface area contributed by atoms with Crippen molar-refractivity contribution in [2.45, 2.75) is 12.1 Å². The maximum Gasteiger partial charge on any atom is 0.332 e. The largest absolute Gasteiger partial charge is 0.480 e. The number of nitro benzene ring substituents is 1. The smallest absolute Gasteiger partial charge is 0.332 e. The summed E-state index contributed by atoms with van der Waals surface area (Å²) in [5.74, 6) is -1.54. The number of rotatable bonds is 8. The van der Waals surface area contributed by atoms with Crippen LogP contribution in [0.5, 0.6) is 11.8 Å². The molecule has 0 fully saturated rings. The second-order valence-corrected chi connectivity index (χ2v) is 5.06. The first-order valence-corrected chi connectivity index (χ1v) is 7.28. The van der Waals surface area contributed by atoms with Gasteiger partial charge in [0.1, 0.15) is 11.6 Å². The van der Waals surface area contributed by atoms with Crippen LogP contribution in [0.4, 0.5) is 5.69 Å². The summed E-state index contributed by atoms with van der Waals surface area (Å²) < 4.78 is 15.3. The summed E-state index contributed by atoms with van der Waals surface area (Å²) in [6.07, 6.45) is -0.217. The second-order valence-electron chi connectivity index (χ2n) is 5.06. The van der Waals surface area contributed by atoms with Crippen LogP contribution >= 0.6 is 0 Å². The van der Waals surface area contributed by atoms with Gasteiger partial charge in [-0.3, -0.25) is 10.1 Å². The van der Waals surface area contributed by atoms with E-state index in [0.717, 1.165) is 18.2 Å². The highest BCUT2D eigenvalue weighted by Gasteiger charge is 2.33. The molecule has 142 valence electrons. The molecule has 2 unspecified atom stereocenters. The zero-order valence-corrected chi connectivity index (χ0v) is 14.4. The van der Waals surface area contributed by atoms with Crippen LogP contribution in [0.3, 0.4) is 0 Å². The molecule has 1 heterocycles. The number of isocyanates is 1. The van der Waals surface area contributed by atoms with Crippen molar-refractivity contribution in [3.05, 3.63) is 27.8 Å². The highest BCUT2D eigenvalue weighted by Crippen LogP contribution is 2.35. The number of aliphatic imine (C=N–C) groups is 1. The lowest BCUT2D eigenvalue weighted by atomic mass is 9.99. The van der Waals surface area contributed by atoms with Gasteiger partial charge >= 0.3 is 5.97 Å². The minimum Gasteiger partial charge on any atom is -0.480 e. The highest BCUT2D eigenvalue weighted by molar-refractivity contribution is 5.84. The van der Waals surface area contributed by atoms with E-state index >= 15 is 0 Å². The number of hydrogen-bond donors (Lipinski definition) is 1. The van der Waals surface area contributed by atoms with Crippen molar-refractivity contribution in [3.8, 4) is 11.8 Å². The Morgan fingerprint density at radius 2 is 1.89 bits per heavy atom. The number of carboxylic acids is 1. The van der Waals surface area contributed by atoms with Crippen LogP contribution in [0.1, 0.15) is 11.7 Å². The molecule has 1 aromatic heterocycles. The van der Waals surface area contributed by atoms with Crippen LogP contribution in [0.2, 0.25) is 0 Å². The zero-order chi connectivity index (χ0) is 20.1. The summed E-state index contributed by atoms with van der Waals surface area (Å²) in [6.45, 7) is 0. The molecular formula is C15H14N4O8. The van der Waals surface area contributed by atoms with Crippen molar-refractivity contribution in [1.82, 2.24) is 9.97 Å². The Kier molecular flexibility index (Phi) is 5.96. The Bertz CT molecular complexity index is 939. The van der Waals surface area contributed by atoms with E-state index in [1.165, 1.54) is 21.3 Å². The highest BCUT2D eigenvalue weighted by atomic mass is 16.6. The van der Waals surface area contributed by atoms with E-state index in [0.29, 0.717) is 0 Å². The molecule has 0 amide bonds. The average molecular weight is 378 g/mol. The summed E-state index contributed by atoms with van der Waals surface area (Å²) in [7, 11) is 3.79. The number of hydrogen-bond acceptors (Lipinski definition) is 10.